The average Bonchev–Trinajstić information content (AvgIpc) is 2.56. The Balaban J connectivity index is 1.83. The Bertz CT molecular complexity index is 803. The molecule has 6 nitrogen and oxygen atoms in total. The van der Waals surface area contributed by atoms with Crippen LogP contribution in [0.4, 0.5) is 10.2 Å². The highest BCUT2D eigenvalue weighted by molar-refractivity contribution is 5.78. The van der Waals surface area contributed by atoms with Crippen LogP contribution < -0.4 is 10.1 Å². The maximum Gasteiger partial charge on any atom is 0.306 e. The van der Waals surface area contributed by atoms with E-state index in [1.807, 2.05) is 27.7 Å². The number of aromatic nitrogens is 2. The first-order chi connectivity index (χ1) is 12.7. The van der Waals surface area contributed by atoms with Gasteiger partial charge in [0.15, 0.2) is 11.6 Å². The second kappa shape index (κ2) is 8.97. The van der Waals surface area contributed by atoms with Crippen LogP contribution in [0, 0.1) is 12.7 Å². The number of halogens is 1. The molecule has 0 unspecified atom stereocenters. The van der Waals surface area contributed by atoms with Crippen LogP contribution in [-0.2, 0) is 9.53 Å². The molecule has 27 heavy (non-hydrogen) atoms. The average molecular weight is 377 g/mol. The third kappa shape index (κ3) is 6.34. The summed E-state index contributed by atoms with van der Waals surface area (Å²) in [6.45, 7) is 8.15. The van der Waals surface area contributed by atoms with E-state index in [2.05, 4.69) is 15.3 Å². The van der Waals surface area contributed by atoms with Gasteiger partial charge in [0.2, 0.25) is 0 Å². The Hall–Kier alpha value is -2.44. The minimum absolute atomic E-state index is 0.155. The van der Waals surface area contributed by atoms with Gasteiger partial charge in [-0.05, 0) is 40.5 Å². The molecule has 0 amide bonds. The molecule has 0 fully saturated rings. The molecule has 1 aromatic carbocycles. The van der Waals surface area contributed by atoms with Gasteiger partial charge in [-0.2, -0.15) is 0 Å². The van der Waals surface area contributed by atoms with Gasteiger partial charge in [0.25, 0.3) is 0 Å². The molecule has 1 aromatic heterocycles. The minimum atomic E-state index is -0.462. The zero-order valence-corrected chi connectivity index (χ0v) is 16.7. The van der Waals surface area contributed by atoms with Gasteiger partial charge >= 0.3 is 5.97 Å². The highest BCUT2D eigenvalue weighted by Gasteiger charge is 2.15. The van der Waals surface area contributed by atoms with Crippen LogP contribution in [0.1, 0.15) is 52.1 Å². The lowest BCUT2D eigenvalue weighted by atomic mass is 10.1. The smallest absolute Gasteiger partial charge is 0.306 e. The van der Waals surface area contributed by atoms with Crippen LogP contribution in [0.3, 0.4) is 0 Å². The number of aryl methyl sites for hydroxylation is 1. The molecule has 148 valence electrons. The number of fused-ring (bicyclic) bond motifs is 1. The van der Waals surface area contributed by atoms with Crippen molar-refractivity contribution in [2.24, 2.45) is 0 Å². The fourth-order valence-corrected chi connectivity index (χ4v) is 2.64. The molecule has 0 radical (unpaired) electrons. The highest BCUT2D eigenvalue weighted by Crippen LogP contribution is 2.24. The molecule has 0 spiro atoms. The number of carbonyl (C=O) groups excluding carboxylic acids is 1. The van der Waals surface area contributed by atoms with Crippen molar-refractivity contribution in [3.63, 3.8) is 0 Å². The van der Waals surface area contributed by atoms with Crippen molar-refractivity contribution >= 4 is 22.8 Å². The number of esters is 1. The van der Waals surface area contributed by atoms with E-state index in [0.717, 1.165) is 25.0 Å². The maximum atomic E-state index is 13.9. The number of unbranched alkanes of at least 4 members (excludes halogenated alkanes) is 2. The van der Waals surface area contributed by atoms with E-state index in [1.165, 1.54) is 13.2 Å². The molecular weight excluding hydrogens is 349 g/mol. The predicted octanol–water partition coefficient (Wildman–Crippen LogP) is 4.40. The SMILES string of the molecule is COc1cc2nc(C)c(NCCCCCC(=O)OC(C)(C)C)nc2cc1F. The number of carbonyl (C=O) groups is 1. The Kier molecular flexibility index (Phi) is 6.93. The van der Waals surface area contributed by atoms with E-state index in [1.54, 1.807) is 6.07 Å². The van der Waals surface area contributed by atoms with Crippen molar-refractivity contribution in [3.05, 3.63) is 23.6 Å². The van der Waals surface area contributed by atoms with Crippen LogP contribution >= 0.6 is 0 Å². The molecular formula is C20H28FN3O3. The van der Waals surface area contributed by atoms with Crippen molar-refractivity contribution in [1.29, 1.82) is 0 Å². The summed E-state index contributed by atoms with van der Waals surface area (Å²) in [7, 11) is 1.42. The maximum absolute atomic E-state index is 13.9. The van der Waals surface area contributed by atoms with Crippen LogP contribution in [0.2, 0.25) is 0 Å². The molecule has 0 bridgehead atoms. The standard InChI is InChI=1S/C20H28FN3O3/c1-13-19(22-10-8-6-7-9-18(25)27-20(2,3)4)24-15-11-14(21)17(26-5)12-16(15)23-13/h11-12H,6-10H2,1-5H3,(H,22,24). The van der Waals surface area contributed by atoms with E-state index >= 15 is 0 Å². The number of nitrogens with one attached hydrogen (secondary N) is 1. The van der Waals surface area contributed by atoms with Gasteiger partial charge in [0, 0.05) is 25.1 Å². The summed E-state index contributed by atoms with van der Waals surface area (Å²) in [6, 6.07) is 2.87. The van der Waals surface area contributed by atoms with Crippen molar-refractivity contribution in [2.45, 2.75) is 59.0 Å². The second-order valence-electron chi connectivity index (χ2n) is 7.46. The number of hydrogen-bond acceptors (Lipinski definition) is 6. The van der Waals surface area contributed by atoms with Crippen LogP contribution in [0.15, 0.2) is 12.1 Å². The molecule has 0 aliphatic carbocycles. The quantitative estimate of drug-likeness (QED) is 0.543. The highest BCUT2D eigenvalue weighted by atomic mass is 19.1. The Morgan fingerprint density at radius 1 is 1.15 bits per heavy atom. The summed E-state index contributed by atoms with van der Waals surface area (Å²) in [5, 5.41) is 3.24. The lowest BCUT2D eigenvalue weighted by Gasteiger charge is -2.19. The zero-order chi connectivity index (χ0) is 20.0. The van der Waals surface area contributed by atoms with Gasteiger partial charge < -0.3 is 14.8 Å². The fourth-order valence-electron chi connectivity index (χ4n) is 2.64. The molecule has 0 atom stereocenters. The van der Waals surface area contributed by atoms with Gasteiger partial charge in [-0.25, -0.2) is 14.4 Å². The molecule has 0 saturated carbocycles. The zero-order valence-electron chi connectivity index (χ0n) is 16.7. The van der Waals surface area contributed by atoms with Gasteiger partial charge in [0.1, 0.15) is 11.4 Å². The largest absolute Gasteiger partial charge is 0.494 e. The molecule has 7 heteroatoms. The van der Waals surface area contributed by atoms with Crippen LogP contribution in [0.25, 0.3) is 11.0 Å². The molecule has 2 aromatic rings. The van der Waals surface area contributed by atoms with E-state index in [4.69, 9.17) is 9.47 Å². The summed E-state index contributed by atoms with van der Waals surface area (Å²) >= 11 is 0. The van der Waals surface area contributed by atoms with Gasteiger partial charge in [-0.15, -0.1) is 0 Å². The van der Waals surface area contributed by atoms with E-state index < -0.39 is 11.4 Å². The van der Waals surface area contributed by atoms with Gasteiger partial charge in [0.05, 0.1) is 23.8 Å². The monoisotopic (exact) mass is 377 g/mol. The molecule has 0 aliphatic heterocycles. The summed E-state index contributed by atoms with van der Waals surface area (Å²) in [6.07, 6.45) is 2.99. The molecule has 2 rings (SSSR count). The summed E-state index contributed by atoms with van der Waals surface area (Å²) in [5.41, 5.74) is 1.37. The normalized spacial score (nSPS) is 11.5. The van der Waals surface area contributed by atoms with Crippen molar-refractivity contribution in [2.75, 3.05) is 19.0 Å². The Labute approximate surface area is 159 Å². The second-order valence-corrected chi connectivity index (χ2v) is 7.46. The molecule has 1 heterocycles. The molecule has 0 saturated heterocycles. The Morgan fingerprint density at radius 2 is 1.85 bits per heavy atom. The lowest BCUT2D eigenvalue weighted by Crippen LogP contribution is -2.23. The first-order valence-corrected chi connectivity index (χ1v) is 9.17. The van der Waals surface area contributed by atoms with Gasteiger partial charge in [-0.1, -0.05) is 6.42 Å². The molecule has 1 N–H and O–H groups in total. The minimum Gasteiger partial charge on any atom is -0.494 e. The third-order valence-electron chi connectivity index (χ3n) is 3.88. The summed E-state index contributed by atoms with van der Waals surface area (Å²) in [4.78, 5) is 20.6. The first-order valence-electron chi connectivity index (χ1n) is 9.17. The van der Waals surface area contributed by atoms with E-state index in [-0.39, 0.29) is 11.7 Å². The first kappa shape index (κ1) is 20.9. The predicted molar refractivity (Wildman–Crippen MR) is 104 cm³/mol. The van der Waals surface area contributed by atoms with Crippen LogP contribution in [0.5, 0.6) is 5.75 Å². The van der Waals surface area contributed by atoms with Crippen molar-refractivity contribution < 1.29 is 18.7 Å². The summed E-state index contributed by atoms with van der Waals surface area (Å²) in [5.74, 6) is 0.168. The number of anilines is 1. The summed E-state index contributed by atoms with van der Waals surface area (Å²) < 4.78 is 24.1. The van der Waals surface area contributed by atoms with E-state index in [9.17, 15) is 9.18 Å². The number of nitrogens with zero attached hydrogens (tertiary/aromatic N) is 2. The number of ether oxygens (including phenoxy) is 2. The third-order valence-corrected chi connectivity index (χ3v) is 3.88. The fraction of sp³-hybridized carbons (Fsp3) is 0.550. The molecule has 0 aliphatic rings. The Morgan fingerprint density at radius 3 is 2.52 bits per heavy atom. The van der Waals surface area contributed by atoms with Gasteiger partial charge in [-0.3, -0.25) is 4.79 Å². The topological polar surface area (TPSA) is 73.3 Å². The number of hydrogen-bond donors (Lipinski definition) is 1. The van der Waals surface area contributed by atoms with Crippen molar-refractivity contribution in [3.8, 4) is 5.75 Å². The lowest BCUT2D eigenvalue weighted by molar-refractivity contribution is -0.154. The number of benzene rings is 1. The van der Waals surface area contributed by atoms with Crippen LogP contribution in [-0.4, -0.2) is 35.2 Å². The number of rotatable bonds is 8. The number of methoxy groups -OCH3 is 1. The van der Waals surface area contributed by atoms with E-state index in [0.29, 0.717) is 29.8 Å². The van der Waals surface area contributed by atoms with Crippen molar-refractivity contribution in [1.82, 2.24) is 9.97 Å².